The summed E-state index contributed by atoms with van der Waals surface area (Å²) in [4.78, 5) is 0. The van der Waals surface area contributed by atoms with E-state index in [9.17, 15) is 8.42 Å². The number of hydrogen-bond acceptors (Lipinski definition) is 4. The molecule has 0 saturated carbocycles. The Morgan fingerprint density at radius 2 is 2.11 bits per heavy atom. The van der Waals surface area contributed by atoms with Crippen molar-refractivity contribution < 1.29 is 8.42 Å². The van der Waals surface area contributed by atoms with E-state index < -0.39 is 10.0 Å². The van der Waals surface area contributed by atoms with Crippen molar-refractivity contribution in [3.63, 3.8) is 0 Å². The van der Waals surface area contributed by atoms with Gasteiger partial charge in [0.05, 0.1) is 11.2 Å². The zero-order chi connectivity index (χ0) is 12.8. The van der Waals surface area contributed by atoms with E-state index in [1.807, 2.05) is 6.92 Å². The van der Waals surface area contributed by atoms with Gasteiger partial charge in [0.1, 0.15) is 0 Å². The molecular weight excluding hydrogens is 299 g/mol. The van der Waals surface area contributed by atoms with Crippen molar-refractivity contribution in [1.82, 2.24) is 14.1 Å². The van der Waals surface area contributed by atoms with Gasteiger partial charge in [-0.25, -0.2) is 8.42 Å². The van der Waals surface area contributed by atoms with Crippen molar-refractivity contribution in [3.05, 3.63) is 11.2 Å². The Morgan fingerprint density at radius 3 is 2.50 bits per heavy atom. The molecule has 1 aliphatic heterocycles. The normalized spacial score (nSPS) is 25.1. The first-order chi connectivity index (χ1) is 7.84. The minimum Gasteiger partial charge on any atom is -0.326 e. The van der Waals surface area contributed by atoms with Gasteiger partial charge in [0.15, 0.2) is 5.03 Å². The Morgan fingerprint density at radius 1 is 1.50 bits per heavy atom. The van der Waals surface area contributed by atoms with Crippen LogP contribution in [0.2, 0.25) is 5.02 Å². The number of nitrogens with zero attached hydrogens (tertiary/aromatic N) is 3. The van der Waals surface area contributed by atoms with Crippen LogP contribution in [0, 0.1) is 5.92 Å². The molecule has 0 aromatic carbocycles. The average molecular weight is 315 g/mol. The van der Waals surface area contributed by atoms with Gasteiger partial charge in [-0.2, -0.15) is 9.40 Å². The summed E-state index contributed by atoms with van der Waals surface area (Å²) in [5, 5.41) is 4.01. The minimum absolute atomic E-state index is 0. The van der Waals surface area contributed by atoms with Gasteiger partial charge >= 0.3 is 0 Å². The van der Waals surface area contributed by atoms with Crippen molar-refractivity contribution in [2.75, 3.05) is 13.1 Å². The molecule has 1 aromatic rings. The highest BCUT2D eigenvalue weighted by molar-refractivity contribution is 7.89. The van der Waals surface area contributed by atoms with Gasteiger partial charge in [0.2, 0.25) is 0 Å². The summed E-state index contributed by atoms with van der Waals surface area (Å²) < 4.78 is 27.3. The molecule has 2 atom stereocenters. The number of hydrogen-bond donors (Lipinski definition) is 1. The number of aromatic nitrogens is 2. The molecule has 0 amide bonds. The fourth-order valence-corrected chi connectivity index (χ4v) is 4.14. The van der Waals surface area contributed by atoms with Crippen molar-refractivity contribution in [3.8, 4) is 0 Å². The molecule has 2 heterocycles. The van der Waals surface area contributed by atoms with Crippen LogP contribution in [0.15, 0.2) is 11.2 Å². The Kier molecular flexibility index (Phi) is 4.66. The molecule has 1 fully saturated rings. The summed E-state index contributed by atoms with van der Waals surface area (Å²) in [5.41, 5.74) is 5.83. The lowest BCUT2D eigenvalue weighted by atomic mass is 10.1. The molecule has 104 valence electrons. The van der Waals surface area contributed by atoms with Crippen LogP contribution in [0.4, 0.5) is 0 Å². The monoisotopic (exact) mass is 314 g/mol. The zero-order valence-electron chi connectivity index (χ0n) is 10.1. The zero-order valence-corrected chi connectivity index (χ0v) is 12.5. The summed E-state index contributed by atoms with van der Waals surface area (Å²) in [6.45, 7) is 2.68. The lowest BCUT2D eigenvalue weighted by Crippen LogP contribution is -2.33. The fraction of sp³-hybridized carbons (Fsp3) is 0.667. The number of nitrogens with two attached hydrogens (primary N) is 1. The first-order valence-corrected chi connectivity index (χ1v) is 7.09. The van der Waals surface area contributed by atoms with Crippen LogP contribution in [-0.2, 0) is 17.1 Å². The lowest BCUT2D eigenvalue weighted by molar-refractivity contribution is 0.455. The van der Waals surface area contributed by atoms with Crippen molar-refractivity contribution in [1.29, 1.82) is 0 Å². The maximum absolute atomic E-state index is 12.4. The third-order valence-electron chi connectivity index (χ3n) is 3.06. The molecule has 1 aliphatic rings. The van der Waals surface area contributed by atoms with E-state index in [4.69, 9.17) is 17.3 Å². The molecule has 6 nitrogen and oxygen atoms in total. The molecule has 9 heteroatoms. The third-order valence-corrected chi connectivity index (χ3v) is 5.40. The number of rotatable bonds is 2. The Balaban J connectivity index is 0.00000162. The van der Waals surface area contributed by atoms with E-state index in [2.05, 4.69) is 5.10 Å². The predicted molar refractivity (Wildman–Crippen MR) is 71.4 cm³/mol. The lowest BCUT2D eigenvalue weighted by Gasteiger charge is -2.16. The van der Waals surface area contributed by atoms with Gasteiger partial charge in [0, 0.05) is 26.2 Å². The first-order valence-electron chi connectivity index (χ1n) is 5.27. The van der Waals surface area contributed by atoms with Crippen LogP contribution in [0.5, 0.6) is 0 Å². The van der Waals surface area contributed by atoms with Crippen molar-refractivity contribution in [2.24, 2.45) is 18.7 Å². The van der Waals surface area contributed by atoms with Gasteiger partial charge < -0.3 is 5.73 Å². The van der Waals surface area contributed by atoms with Crippen LogP contribution in [0.25, 0.3) is 0 Å². The Bertz CT molecular complexity index is 501. The first kappa shape index (κ1) is 15.7. The standard InChI is InChI=1S/C9H15ClN4O2S.ClH/c1-6-4-14(5-8(6)11)17(15,16)9-7(10)3-12-13(9)2;/h3,6,8H,4-5,11H2,1-2H3;1H. The van der Waals surface area contributed by atoms with Gasteiger partial charge in [-0.15, -0.1) is 12.4 Å². The van der Waals surface area contributed by atoms with Gasteiger partial charge in [0.25, 0.3) is 10.0 Å². The van der Waals surface area contributed by atoms with E-state index in [-0.39, 0.29) is 34.4 Å². The highest BCUT2D eigenvalue weighted by Crippen LogP contribution is 2.27. The molecule has 18 heavy (non-hydrogen) atoms. The molecule has 1 saturated heterocycles. The van der Waals surface area contributed by atoms with Gasteiger partial charge in [-0.05, 0) is 5.92 Å². The molecule has 2 N–H and O–H groups in total. The van der Waals surface area contributed by atoms with Crippen molar-refractivity contribution in [2.45, 2.75) is 18.0 Å². The van der Waals surface area contributed by atoms with Crippen LogP contribution < -0.4 is 5.73 Å². The Labute approximate surface area is 118 Å². The van der Waals surface area contributed by atoms with Crippen LogP contribution >= 0.6 is 24.0 Å². The maximum atomic E-state index is 12.4. The molecule has 0 radical (unpaired) electrons. The number of aryl methyl sites for hydroxylation is 1. The highest BCUT2D eigenvalue weighted by atomic mass is 35.5. The van der Waals surface area contributed by atoms with Crippen LogP contribution in [0.3, 0.4) is 0 Å². The second-order valence-electron chi connectivity index (χ2n) is 4.38. The van der Waals surface area contributed by atoms with E-state index in [0.29, 0.717) is 13.1 Å². The maximum Gasteiger partial charge on any atom is 0.261 e. The third kappa shape index (κ3) is 2.50. The molecule has 0 spiro atoms. The topological polar surface area (TPSA) is 81.2 Å². The quantitative estimate of drug-likeness (QED) is 0.860. The van der Waals surface area contributed by atoms with E-state index in [0.717, 1.165) is 0 Å². The van der Waals surface area contributed by atoms with Crippen molar-refractivity contribution >= 4 is 34.0 Å². The summed E-state index contributed by atoms with van der Waals surface area (Å²) in [5.74, 6) is 0.150. The largest absolute Gasteiger partial charge is 0.326 e. The van der Waals surface area contributed by atoms with E-state index >= 15 is 0 Å². The van der Waals surface area contributed by atoms with Crippen LogP contribution in [0.1, 0.15) is 6.92 Å². The average Bonchev–Trinajstić information content (AvgIpc) is 2.72. The molecule has 0 aliphatic carbocycles. The Hall–Kier alpha value is -0.340. The number of sulfonamides is 1. The smallest absolute Gasteiger partial charge is 0.261 e. The van der Waals surface area contributed by atoms with Gasteiger partial charge in [-0.3, -0.25) is 4.68 Å². The van der Waals surface area contributed by atoms with E-state index in [1.165, 1.54) is 15.2 Å². The second kappa shape index (κ2) is 5.34. The summed E-state index contributed by atoms with van der Waals surface area (Å²) in [7, 11) is -2.05. The minimum atomic E-state index is -3.60. The highest BCUT2D eigenvalue weighted by Gasteiger charge is 2.37. The molecular formula is C9H16Cl2N4O2S. The molecule has 2 rings (SSSR count). The molecule has 0 bridgehead atoms. The van der Waals surface area contributed by atoms with E-state index in [1.54, 1.807) is 7.05 Å². The number of halogens is 2. The summed E-state index contributed by atoms with van der Waals surface area (Å²) in [6, 6.07) is -0.128. The second-order valence-corrected chi connectivity index (χ2v) is 6.64. The summed E-state index contributed by atoms with van der Waals surface area (Å²) in [6.07, 6.45) is 1.33. The van der Waals surface area contributed by atoms with Gasteiger partial charge in [-0.1, -0.05) is 18.5 Å². The molecule has 1 aromatic heterocycles. The van der Waals surface area contributed by atoms with Crippen LogP contribution in [-0.4, -0.2) is 41.6 Å². The summed E-state index contributed by atoms with van der Waals surface area (Å²) >= 11 is 5.86. The predicted octanol–water partition coefficient (Wildman–Crippen LogP) is 0.463. The molecule has 2 unspecified atom stereocenters. The SMILES string of the molecule is CC1CN(S(=O)(=O)c2c(Cl)cnn2C)CC1N.Cl. The fourth-order valence-electron chi connectivity index (χ4n) is 1.95.